The summed E-state index contributed by atoms with van der Waals surface area (Å²) in [7, 11) is 0. The van der Waals surface area contributed by atoms with Crippen molar-refractivity contribution in [3.05, 3.63) is 0 Å². The van der Waals surface area contributed by atoms with Gasteiger partial charge in [-0.25, -0.2) is 4.79 Å². The van der Waals surface area contributed by atoms with Crippen LogP contribution in [0.25, 0.3) is 0 Å². The first-order valence-electron chi connectivity index (χ1n) is 10.6. The molecule has 0 fully saturated rings. The van der Waals surface area contributed by atoms with Crippen molar-refractivity contribution in [3.8, 4) is 0 Å². The van der Waals surface area contributed by atoms with Crippen LogP contribution in [0.4, 0.5) is 0 Å². The molecule has 0 rings (SSSR count). The first-order chi connectivity index (χ1) is 14.8. The molecule has 0 radical (unpaired) electrons. The average molecular weight is 476 g/mol. The van der Waals surface area contributed by atoms with E-state index >= 15 is 0 Å². The van der Waals surface area contributed by atoms with Gasteiger partial charge in [0.25, 0.3) is 0 Å². The van der Waals surface area contributed by atoms with E-state index in [1.54, 1.807) is 13.8 Å². The van der Waals surface area contributed by atoms with Gasteiger partial charge in [0.05, 0.1) is 6.04 Å². The maximum Gasteiger partial charge on any atom is 0.326 e. The summed E-state index contributed by atoms with van der Waals surface area (Å²) < 4.78 is 0. The Bertz CT molecular complexity index is 673. The van der Waals surface area contributed by atoms with Crippen LogP contribution in [0.15, 0.2) is 0 Å². The molecule has 4 unspecified atom stereocenters. The van der Waals surface area contributed by atoms with Gasteiger partial charge in [0, 0.05) is 12.2 Å². The van der Waals surface area contributed by atoms with Crippen LogP contribution in [-0.2, 0) is 24.0 Å². The average Bonchev–Trinajstić information content (AvgIpc) is 2.66. The summed E-state index contributed by atoms with van der Waals surface area (Å²) in [6, 6.07) is -4.29. The first kappa shape index (κ1) is 29.7. The van der Waals surface area contributed by atoms with Gasteiger partial charge in [0.2, 0.25) is 23.6 Å². The van der Waals surface area contributed by atoms with E-state index in [-0.39, 0.29) is 36.9 Å². The molecule has 0 aromatic carbocycles. The highest BCUT2D eigenvalue weighted by molar-refractivity contribution is 7.80. The topological polar surface area (TPSA) is 194 Å². The third-order valence-electron chi connectivity index (χ3n) is 4.51. The van der Waals surface area contributed by atoms with Crippen molar-refractivity contribution < 1.29 is 29.1 Å². The van der Waals surface area contributed by atoms with Crippen molar-refractivity contribution in [2.45, 2.75) is 77.5 Å². The molecule has 0 spiro atoms. The fourth-order valence-electron chi connectivity index (χ4n) is 2.88. The summed E-state index contributed by atoms with van der Waals surface area (Å²) in [6.07, 6.45) is 0.252. The van der Waals surface area contributed by atoms with Crippen LogP contribution in [0, 0.1) is 11.8 Å². The number of nitrogens with two attached hydrogens (primary N) is 2. The van der Waals surface area contributed by atoms with E-state index in [1.807, 2.05) is 13.8 Å². The number of hydrogen-bond acceptors (Lipinski definition) is 7. The van der Waals surface area contributed by atoms with Crippen molar-refractivity contribution in [1.29, 1.82) is 0 Å². The lowest BCUT2D eigenvalue weighted by molar-refractivity contribution is -0.143. The molecule has 0 aromatic heterocycles. The summed E-state index contributed by atoms with van der Waals surface area (Å²) in [5.74, 6) is -3.82. The Morgan fingerprint density at radius 1 is 0.812 bits per heavy atom. The summed E-state index contributed by atoms with van der Waals surface area (Å²) in [5.41, 5.74) is 11.0. The van der Waals surface area contributed by atoms with Gasteiger partial charge >= 0.3 is 5.97 Å². The third-order valence-corrected chi connectivity index (χ3v) is 4.88. The zero-order valence-electron chi connectivity index (χ0n) is 19.1. The molecule has 4 atom stereocenters. The number of carbonyl (C=O) groups is 5. The van der Waals surface area contributed by atoms with Gasteiger partial charge in [-0.1, -0.05) is 27.7 Å². The second-order valence-corrected chi connectivity index (χ2v) is 8.94. The molecule has 0 aliphatic carbocycles. The molecule has 0 saturated heterocycles. The predicted molar refractivity (Wildman–Crippen MR) is 123 cm³/mol. The van der Waals surface area contributed by atoms with Gasteiger partial charge in [0.1, 0.15) is 18.1 Å². The van der Waals surface area contributed by atoms with E-state index in [1.165, 1.54) is 0 Å². The molecule has 32 heavy (non-hydrogen) atoms. The second kappa shape index (κ2) is 14.7. The lowest BCUT2D eigenvalue weighted by Gasteiger charge is -2.25. The first-order valence-corrected chi connectivity index (χ1v) is 11.2. The molecule has 12 heteroatoms. The predicted octanol–water partition coefficient (Wildman–Crippen LogP) is -0.860. The highest BCUT2D eigenvalue weighted by Gasteiger charge is 2.30. The van der Waals surface area contributed by atoms with Gasteiger partial charge in [-0.15, -0.1) is 0 Å². The Morgan fingerprint density at radius 3 is 1.72 bits per heavy atom. The number of primary amides is 1. The maximum absolute atomic E-state index is 12.7. The standard InChI is InChI=1S/C20H37N5O6S/c1-10(2)7-12(21)17(27)25-15(9-32)19(29)23-13(5-6-16(22)26)18(28)24-14(20(30)31)8-11(3)4/h10-15,32H,5-9,21H2,1-4H3,(H2,22,26)(H,23,29)(H,24,28)(H,25,27)(H,30,31). The van der Waals surface area contributed by atoms with E-state index < -0.39 is 53.8 Å². The number of hydrogen-bond donors (Lipinski definition) is 7. The fourth-order valence-corrected chi connectivity index (χ4v) is 3.14. The molecule has 0 bridgehead atoms. The van der Waals surface area contributed by atoms with Crippen LogP contribution in [0.5, 0.6) is 0 Å². The molecule has 0 saturated carbocycles. The van der Waals surface area contributed by atoms with Gasteiger partial charge in [-0.3, -0.25) is 19.2 Å². The SMILES string of the molecule is CC(C)CC(N)C(=O)NC(CS)C(=O)NC(CCC(N)=O)C(=O)NC(CC(C)C)C(=O)O. The monoisotopic (exact) mass is 475 g/mol. The highest BCUT2D eigenvalue weighted by atomic mass is 32.1. The van der Waals surface area contributed by atoms with Gasteiger partial charge < -0.3 is 32.5 Å². The Labute approximate surface area is 194 Å². The van der Waals surface area contributed by atoms with Gasteiger partial charge in [-0.2, -0.15) is 12.6 Å². The zero-order valence-corrected chi connectivity index (χ0v) is 20.0. The van der Waals surface area contributed by atoms with E-state index in [4.69, 9.17) is 11.5 Å². The minimum absolute atomic E-state index is 0.00566. The summed E-state index contributed by atoms with van der Waals surface area (Å²) in [5, 5.41) is 16.7. The fraction of sp³-hybridized carbons (Fsp3) is 0.750. The lowest BCUT2D eigenvalue weighted by Crippen LogP contribution is -2.57. The minimum Gasteiger partial charge on any atom is -0.480 e. The van der Waals surface area contributed by atoms with Crippen molar-refractivity contribution in [2.24, 2.45) is 23.3 Å². The maximum atomic E-state index is 12.7. The van der Waals surface area contributed by atoms with Crippen molar-refractivity contribution >= 4 is 42.2 Å². The Balaban J connectivity index is 5.33. The highest BCUT2D eigenvalue weighted by Crippen LogP contribution is 2.07. The van der Waals surface area contributed by atoms with Crippen LogP contribution < -0.4 is 27.4 Å². The Morgan fingerprint density at radius 2 is 1.28 bits per heavy atom. The molecular weight excluding hydrogens is 438 g/mol. The normalized spacial score (nSPS) is 14.9. The minimum atomic E-state index is -1.23. The van der Waals surface area contributed by atoms with Crippen molar-refractivity contribution in [1.82, 2.24) is 16.0 Å². The number of carbonyl (C=O) groups excluding carboxylic acids is 4. The summed E-state index contributed by atoms with van der Waals surface area (Å²) in [4.78, 5) is 60.3. The largest absolute Gasteiger partial charge is 0.480 e. The van der Waals surface area contributed by atoms with Crippen molar-refractivity contribution in [3.63, 3.8) is 0 Å². The molecule has 8 N–H and O–H groups in total. The summed E-state index contributed by atoms with van der Waals surface area (Å²) in [6.45, 7) is 7.42. The molecule has 184 valence electrons. The smallest absolute Gasteiger partial charge is 0.326 e. The molecule has 0 heterocycles. The van der Waals surface area contributed by atoms with Crippen LogP contribution in [-0.4, -0.2) is 64.6 Å². The number of aliphatic carboxylic acids is 1. The number of thiol groups is 1. The number of carboxylic acids is 1. The van der Waals surface area contributed by atoms with E-state index in [0.717, 1.165) is 0 Å². The molecule has 11 nitrogen and oxygen atoms in total. The van der Waals surface area contributed by atoms with E-state index in [9.17, 15) is 29.1 Å². The lowest BCUT2D eigenvalue weighted by atomic mass is 10.0. The Kier molecular flexibility index (Phi) is 13.6. The van der Waals surface area contributed by atoms with Crippen LogP contribution in [0.1, 0.15) is 53.4 Å². The second-order valence-electron chi connectivity index (χ2n) is 8.57. The zero-order chi connectivity index (χ0) is 25.0. The molecule has 0 aliphatic heterocycles. The quantitative estimate of drug-likeness (QED) is 0.150. The number of rotatable bonds is 15. The van der Waals surface area contributed by atoms with E-state index in [0.29, 0.717) is 6.42 Å². The number of amides is 4. The number of carboxylic acid groups (broad SMARTS) is 1. The third kappa shape index (κ3) is 11.9. The van der Waals surface area contributed by atoms with Crippen LogP contribution >= 0.6 is 12.6 Å². The van der Waals surface area contributed by atoms with Gasteiger partial charge in [0.15, 0.2) is 0 Å². The van der Waals surface area contributed by atoms with Crippen molar-refractivity contribution in [2.75, 3.05) is 5.75 Å². The Hall–Kier alpha value is -2.34. The van der Waals surface area contributed by atoms with E-state index in [2.05, 4.69) is 28.6 Å². The van der Waals surface area contributed by atoms with Crippen LogP contribution in [0.2, 0.25) is 0 Å². The van der Waals surface area contributed by atoms with Gasteiger partial charge in [-0.05, 0) is 31.1 Å². The molecule has 0 aromatic rings. The summed E-state index contributed by atoms with van der Waals surface area (Å²) >= 11 is 4.08. The number of nitrogens with one attached hydrogen (secondary N) is 3. The molecule has 4 amide bonds. The van der Waals surface area contributed by atoms with Crippen LogP contribution in [0.3, 0.4) is 0 Å². The molecule has 0 aliphatic rings. The molecular formula is C20H37N5O6S.